The third-order valence-electron chi connectivity index (χ3n) is 2.91. The summed E-state index contributed by atoms with van der Waals surface area (Å²) in [5.41, 5.74) is 2.36. The lowest BCUT2D eigenvalue weighted by atomic mass is 10.1. The van der Waals surface area contributed by atoms with Gasteiger partial charge in [-0.1, -0.05) is 41.7 Å². The van der Waals surface area contributed by atoms with Crippen LogP contribution in [0.3, 0.4) is 0 Å². The highest BCUT2D eigenvalue weighted by Crippen LogP contribution is 2.21. The summed E-state index contributed by atoms with van der Waals surface area (Å²) in [7, 11) is 1.63. The van der Waals surface area contributed by atoms with E-state index >= 15 is 0 Å². The summed E-state index contributed by atoms with van der Waals surface area (Å²) < 4.78 is 6.81. The molecule has 102 valence electrons. The van der Waals surface area contributed by atoms with Crippen LogP contribution in [0.1, 0.15) is 23.3 Å². The number of nitrogens with zero attached hydrogens (tertiary/aromatic N) is 4. The molecule has 0 atom stereocenters. The lowest BCUT2D eigenvalue weighted by Crippen LogP contribution is -1.97. The van der Waals surface area contributed by atoms with Gasteiger partial charge in [-0.25, -0.2) is 0 Å². The van der Waals surface area contributed by atoms with Crippen LogP contribution in [0.4, 0.5) is 0 Å². The van der Waals surface area contributed by atoms with Crippen LogP contribution in [0.15, 0.2) is 30.3 Å². The molecule has 2 heterocycles. The molecule has 0 bridgehead atoms. The molecular formula is C14H14N4OS. The molecule has 0 unspecified atom stereocenters. The fourth-order valence-corrected chi connectivity index (χ4v) is 2.78. The second-order valence-corrected chi connectivity index (χ2v) is 5.36. The largest absolute Gasteiger partial charge is 0.377 e. The van der Waals surface area contributed by atoms with Crippen LogP contribution in [-0.4, -0.2) is 26.9 Å². The Morgan fingerprint density at radius 3 is 2.85 bits per heavy atom. The van der Waals surface area contributed by atoms with Crippen LogP contribution in [0.5, 0.6) is 0 Å². The zero-order chi connectivity index (χ0) is 13.9. The van der Waals surface area contributed by atoms with Gasteiger partial charge in [-0.3, -0.25) is 0 Å². The summed E-state index contributed by atoms with van der Waals surface area (Å²) in [6, 6.07) is 10.2. The van der Waals surface area contributed by atoms with Crippen molar-refractivity contribution in [2.24, 2.45) is 0 Å². The van der Waals surface area contributed by atoms with E-state index in [1.165, 1.54) is 22.5 Å². The summed E-state index contributed by atoms with van der Waals surface area (Å²) in [6.45, 7) is 2.49. The number of ether oxygens (including phenoxy) is 1. The van der Waals surface area contributed by atoms with Gasteiger partial charge in [-0.15, -0.1) is 10.2 Å². The molecule has 0 radical (unpaired) electrons. The van der Waals surface area contributed by atoms with Crippen molar-refractivity contribution in [3.8, 4) is 0 Å². The highest BCUT2D eigenvalue weighted by Gasteiger charge is 2.10. The Morgan fingerprint density at radius 1 is 1.30 bits per heavy atom. The molecule has 0 amide bonds. The first-order valence-corrected chi connectivity index (χ1v) is 7.03. The molecule has 3 aromatic rings. The second-order valence-electron chi connectivity index (χ2n) is 4.38. The van der Waals surface area contributed by atoms with Gasteiger partial charge in [-0.2, -0.15) is 9.61 Å². The maximum Gasteiger partial charge on any atom is 0.235 e. The van der Waals surface area contributed by atoms with Crippen molar-refractivity contribution in [2.75, 3.05) is 7.11 Å². The van der Waals surface area contributed by atoms with Crippen LogP contribution < -0.4 is 0 Å². The summed E-state index contributed by atoms with van der Waals surface area (Å²) in [4.78, 5) is 0.782. The van der Waals surface area contributed by atoms with E-state index in [1.54, 1.807) is 11.6 Å². The number of allylic oxidation sites excluding steroid dienone is 1. The third-order valence-corrected chi connectivity index (χ3v) is 3.76. The minimum atomic E-state index is 0.408. The average molecular weight is 286 g/mol. The molecule has 1 aromatic carbocycles. The molecule has 0 fully saturated rings. The summed E-state index contributed by atoms with van der Waals surface area (Å²) in [5, 5.41) is 13.6. The predicted octanol–water partition coefficient (Wildman–Crippen LogP) is 2.89. The van der Waals surface area contributed by atoms with Gasteiger partial charge in [0.25, 0.3) is 0 Å². The van der Waals surface area contributed by atoms with Crippen molar-refractivity contribution in [3.05, 3.63) is 46.7 Å². The van der Waals surface area contributed by atoms with E-state index in [-0.39, 0.29) is 0 Å². The van der Waals surface area contributed by atoms with Gasteiger partial charge in [0.15, 0.2) is 5.82 Å². The molecule has 0 N–H and O–H groups in total. The van der Waals surface area contributed by atoms with Crippen LogP contribution in [0, 0.1) is 0 Å². The average Bonchev–Trinajstić information content (AvgIpc) is 3.02. The Bertz CT molecular complexity index is 745. The lowest BCUT2D eigenvalue weighted by Gasteiger charge is -1.98. The van der Waals surface area contributed by atoms with Gasteiger partial charge in [0.2, 0.25) is 4.96 Å². The fraction of sp³-hybridized carbons (Fsp3) is 0.214. The van der Waals surface area contributed by atoms with E-state index in [4.69, 9.17) is 4.74 Å². The highest BCUT2D eigenvalue weighted by atomic mass is 32.1. The number of hydrogen-bond acceptors (Lipinski definition) is 5. The minimum Gasteiger partial charge on any atom is -0.377 e. The van der Waals surface area contributed by atoms with E-state index in [0.717, 1.165) is 15.8 Å². The number of benzene rings is 1. The Kier molecular flexibility index (Phi) is 3.58. The van der Waals surface area contributed by atoms with Crippen molar-refractivity contribution in [1.82, 2.24) is 19.8 Å². The Balaban J connectivity index is 1.95. The fourth-order valence-electron chi connectivity index (χ4n) is 1.92. The normalized spacial score (nSPS) is 12.2. The molecule has 0 aliphatic carbocycles. The molecule has 6 heteroatoms. The van der Waals surface area contributed by atoms with Gasteiger partial charge >= 0.3 is 0 Å². The molecule has 0 aliphatic rings. The first-order valence-electron chi connectivity index (χ1n) is 6.21. The third kappa shape index (κ3) is 2.48. The van der Waals surface area contributed by atoms with Gasteiger partial charge in [0.1, 0.15) is 11.6 Å². The zero-order valence-electron chi connectivity index (χ0n) is 11.3. The SMILES string of the molecule is COCc1nnc2sc(/C=C(/C)c3ccccc3)nn12. The maximum absolute atomic E-state index is 5.08. The van der Waals surface area contributed by atoms with Crippen LogP contribution in [-0.2, 0) is 11.3 Å². The van der Waals surface area contributed by atoms with Gasteiger partial charge in [0, 0.05) is 7.11 Å². The Morgan fingerprint density at radius 2 is 2.10 bits per heavy atom. The van der Waals surface area contributed by atoms with E-state index < -0.39 is 0 Å². The molecule has 0 spiro atoms. The molecule has 20 heavy (non-hydrogen) atoms. The Hall–Kier alpha value is -2.05. The van der Waals surface area contributed by atoms with E-state index in [0.29, 0.717) is 6.61 Å². The van der Waals surface area contributed by atoms with Crippen LogP contribution >= 0.6 is 11.3 Å². The summed E-state index contributed by atoms with van der Waals surface area (Å²) >= 11 is 1.51. The van der Waals surface area contributed by atoms with Crippen molar-refractivity contribution in [2.45, 2.75) is 13.5 Å². The molecule has 5 nitrogen and oxygen atoms in total. The number of rotatable bonds is 4. The highest BCUT2D eigenvalue weighted by molar-refractivity contribution is 7.17. The summed E-state index contributed by atoms with van der Waals surface area (Å²) in [6.07, 6.45) is 2.06. The number of fused-ring (bicyclic) bond motifs is 1. The number of methoxy groups -OCH3 is 1. The number of aromatic nitrogens is 4. The smallest absolute Gasteiger partial charge is 0.235 e. The first-order chi connectivity index (χ1) is 9.78. The first kappa shape index (κ1) is 13.0. The van der Waals surface area contributed by atoms with Crippen molar-refractivity contribution >= 4 is 27.9 Å². The van der Waals surface area contributed by atoms with Crippen molar-refractivity contribution in [3.63, 3.8) is 0 Å². The number of hydrogen-bond donors (Lipinski definition) is 0. The summed E-state index contributed by atoms with van der Waals surface area (Å²) in [5.74, 6) is 0.718. The van der Waals surface area contributed by atoms with E-state index in [9.17, 15) is 0 Å². The van der Waals surface area contributed by atoms with Gasteiger partial charge < -0.3 is 4.74 Å². The van der Waals surface area contributed by atoms with Gasteiger partial charge in [-0.05, 0) is 24.1 Å². The van der Waals surface area contributed by atoms with Crippen LogP contribution in [0.2, 0.25) is 0 Å². The standard InChI is InChI=1S/C14H14N4OS/c1-10(11-6-4-3-5-7-11)8-13-17-18-12(9-19-2)15-16-14(18)20-13/h3-8H,9H2,1-2H3/b10-8-. The predicted molar refractivity (Wildman–Crippen MR) is 79.4 cm³/mol. The molecule has 3 rings (SSSR count). The van der Waals surface area contributed by atoms with Crippen LogP contribution in [0.25, 0.3) is 16.6 Å². The molecule has 0 aliphatic heterocycles. The maximum atomic E-state index is 5.08. The molecular weight excluding hydrogens is 272 g/mol. The quantitative estimate of drug-likeness (QED) is 0.740. The monoisotopic (exact) mass is 286 g/mol. The minimum absolute atomic E-state index is 0.408. The van der Waals surface area contributed by atoms with Crippen molar-refractivity contribution < 1.29 is 4.74 Å². The van der Waals surface area contributed by atoms with E-state index in [2.05, 4.69) is 40.4 Å². The van der Waals surface area contributed by atoms with Crippen molar-refractivity contribution in [1.29, 1.82) is 0 Å². The second kappa shape index (κ2) is 5.52. The van der Waals surface area contributed by atoms with Gasteiger partial charge in [0.05, 0.1) is 0 Å². The molecule has 2 aromatic heterocycles. The van der Waals surface area contributed by atoms with E-state index in [1.807, 2.05) is 18.2 Å². The zero-order valence-corrected chi connectivity index (χ0v) is 12.1. The Labute approximate surface area is 120 Å². The molecule has 0 saturated heterocycles. The topological polar surface area (TPSA) is 52.3 Å². The lowest BCUT2D eigenvalue weighted by molar-refractivity contribution is 0.176. The molecule has 0 saturated carbocycles.